The van der Waals surface area contributed by atoms with E-state index in [4.69, 9.17) is 5.73 Å². The standard InChI is InChI=1S/C11H12N4O/c12-11(16)9-3-1-8(2-4-9)5-13-10-6-14-15-7-10/h1-4,6-7,13H,5H2,(H2,12,16)(H,14,15). The highest BCUT2D eigenvalue weighted by molar-refractivity contribution is 5.92. The van der Waals surface area contributed by atoms with Crippen molar-refractivity contribution in [2.24, 2.45) is 5.73 Å². The van der Waals surface area contributed by atoms with Crippen LogP contribution in [0.1, 0.15) is 15.9 Å². The number of carbonyl (C=O) groups is 1. The Bertz CT molecular complexity index is 461. The fourth-order valence-corrected chi connectivity index (χ4v) is 1.34. The molecule has 0 spiro atoms. The van der Waals surface area contributed by atoms with E-state index >= 15 is 0 Å². The van der Waals surface area contributed by atoms with Crippen molar-refractivity contribution in [1.82, 2.24) is 10.2 Å². The number of aromatic nitrogens is 2. The maximum Gasteiger partial charge on any atom is 0.248 e. The number of nitrogens with zero attached hydrogens (tertiary/aromatic N) is 1. The Kier molecular flexibility index (Phi) is 2.86. The number of aromatic amines is 1. The zero-order chi connectivity index (χ0) is 11.4. The number of nitrogens with one attached hydrogen (secondary N) is 2. The lowest BCUT2D eigenvalue weighted by molar-refractivity contribution is 0.100. The minimum absolute atomic E-state index is 0.408. The molecule has 1 heterocycles. The highest BCUT2D eigenvalue weighted by atomic mass is 16.1. The van der Waals surface area contributed by atoms with Gasteiger partial charge in [-0.05, 0) is 17.7 Å². The SMILES string of the molecule is NC(=O)c1ccc(CNc2cn[nH]c2)cc1. The van der Waals surface area contributed by atoms with Crippen molar-refractivity contribution in [1.29, 1.82) is 0 Å². The van der Waals surface area contributed by atoms with Gasteiger partial charge in [0.15, 0.2) is 0 Å². The summed E-state index contributed by atoms with van der Waals surface area (Å²) in [5, 5.41) is 9.72. The molecule has 0 aliphatic rings. The van der Waals surface area contributed by atoms with Gasteiger partial charge in [0.2, 0.25) is 5.91 Å². The van der Waals surface area contributed by atoms with Crippen LogP contribution >= 0.6 is 0 Å². The van der Waals surface area contributed by atoms with Crippen LogP contribution in [0.2, 0.25) is 0 Å². The fraction of sp³-hybridized carbons (Fsp3) is 0.0909. The van der Waals surface area contributed by atoms with Gasteiger partial charge in [-0.2, -0.15) is 5.10 Å². The maximum atomic E-state index is 10.9. The number of hydrogen-bond donors (Lipinski definition) is 3. The summed E-state index contributed by atoms with van der Waals surface area (Å²) in [5.74, 6) is -0.408. The molecule has 0 saturated carbocycles. The van der Waals surface area contributed by atoms with Crippen LogP contribution in [-0.4, -0.2) is 16.1 Å². The van der Waals surface area contributed by atoms with E-state index in [-0.39, 0.29) is 0 Å². The van der Waals surface area contributed by atoms with Gasteiger partial charge in [0.05, 0.1) is 11.9 Å². The molecule has 16 heavy (non-hydrogen) atoms. The Morgan fingerprint density at radius 2 is 2.12 bits per heavy atom. The van der Waals surface area contributed by atoms with Crippen molar-refractivity contribution in [2.45, 2.75) is 6.54 Å². The average molecular weight is 216 g/mol. The van der Waals surface area contributed by atoms with Gasteiger partial charge in [-0.1, -0.05) is 12.1 Å². The van der Waals surface area contributed by atoms with Gasteiger partial charge < -0.3 is 11.1 Å². The number of carbonyl (C=O) groups excluding carboxylic acids is 1. The van der Waals surface area contributed by atoms with Gasteiger partial charge in [-0.25, -0.2) is 0 Å². The smallest absolute Gasteiger partial charge is 0.248 e. The zero-order valence-corrected chi connectivity index (χ0v) is 8.60. The Morgan fingerprint density at radius 3 is 2.69 bits per heavy atom. The van der Waals surface area contributed by atoms with E-state index in [9.17, 15) is 4.79 Å². The third-order valence-corrected chi connectivity index (χ3v) is 2.23. The first-order valence-corrected chi connectivity index (χ1v) is 4.87. The zero-order valence-electron chi connectivity index (χ0n) is 8.60. The lowest BCUT2D eigenvalue weighted by Crippen LogP contribution is -2.10. The highest BCUT2D eigenvalue weighted by Crippen LogP contribution is 2.07. The summed E-state index contributed by atoms with van der Waals surface area (Å²) in [5.41, 5.74) is 7.67. The maximum absolute atomic E-state index is 10.9. The average Bonchev–Trinajstić information content (AvgIpc) is 2.80. The Hall–Kier alpha value is -2.30. The quantitative estimate of drug-likeness (QED) is 0.716. The second-order valence-corrected chi connectivity index (χ2v) is 3.40. The van der Waals surface area contributed by atoms with Crippen LogP contribution in [0.15, 0.2) is 36.7 Å². The van der Waals surface area contributed by atoms with E-state index in [1.165, 1.54) is 0 Å². The molecule has 0 fully saturated rings. The predicted molar refractivity (Wildman–Crippen MR) is 60.9 cm³/mol. The summed E-state index contributed by atoms with van der Waals surface area (Å²) in [6.07, 6.45) is 3.48. The summed E-state index contributed by atoms with van der Waals surface area (Å²) in [7, 11) is 0. The summed E-state index contributed by atoms with van der Waals surface area (Å²) in [4.78, 5) is 10.9. The number of primary amides is 1. The molecule has 0 aliphatic carbocycles. The molecule has 0 atom stereocenters. The van der Waals surface area contributed by atoms with Gasteiger partial charge in [-0.3, -0.25) is 9.89 Å². The Labute approximate surface area is 92.7 Å². The molecular weight excluding hydrogens is 204 g/mol. The molecule has 5 nitrogen and oxygen atoms in total. The van der Waals surface area contributed by atoms with Crippen molar-refractivity contribution in [3.63, 3.8) is 0 Å². The number of rotatable bonds is 4. The van der Waals surface area contributed by atoms with E-state index in [2.05, 4.69) is 15.5 Å². The molecule has 2 aromatic rings. The molecule has 1 aromatic heterocycles. The topological polar surface area (TPSA) is 83.8 Å². The molecule has 1 amide bonds. The second kappa shape index (κ2) is 4.48. The van der Waals surface area contributed by atoms with Crippen LogP contribution in [0.4, 0.5) is 5.69 Å². The molecule has 0 unspecified atom stereocenters. The molecule has 82 valence electrons. The number of H-pyrrole nitrogens is 1. The van der Waals surface area contributed by atoms with Crippen LogP contribution in [0.3, 0.4) is 0 Å². The van der Waals surface area contributed by atoms with Gasteiger partial charge in [0, 0.05) is 18.3 Å². The van der Waals surface area contributed by atoms with Crippen molar-refractivity contribution in [2.75, 3.05) is 5.32 Å². The van der Waals surface area contributed by atoms with E-state index in [0.29, 0.717) is 12.1 Å². The first-order chi connectivity index (χ1) is 7.75. The summed E-state index contributed by atoms with van der Waals surface area (Å²) >= 11 is 0. The largest absolute Gasteiger partial charge is 0.378 e. The van der Waals surface area contributed by atoms with Crippen molar-refractivity contribution < 1.29 is 4.79 Å². The Balaban J connectivity index is 1.98. The summed E-state index contributed by atoms with van der Waals surface area (Å²) in [6, 6.07) is 7.17. The summed E-state index contributed by atoms with van der Waals surface area (Å²) < 4.78 is 0. The van der Waals surface area contributed by atoms with Gasteiger partial charge >= 0.3 is 0 Å². The lowest BCUT2D eigenvalue weighted by Gasteiger charge is -2.03. The van der Waals surface area contributed by atoms with Gasteiger partial charge in [0.1, 0.15) is 0 Å². The number of hydrogen-bond acceptors (Lipinski definition) is 3. The molecule has 0 saturated heterocycles. The number of anilines is 1. The van der Waals surface area contributed by atoms with Crippen molar-refractivity contribution in [3.05, 3.63) is 47.8 Å². The van der Waals surface area contributed by atoms with Crippen LogP contribution in [-0.2, 0) is 6.54 Å². The second-order valence-electron chi connectivity index (χ2n) is 3.40. The van der Waals surface area contributed by atoms with E-state index < -0.39 is 5.91 Å². The van der Waals surface area contributed by atoms with E-state index in [1.807, 2.05) is 12.1 Å². The van der Waals surface area contributed by atoms with Gasteiger partial charge in [-0.15, -0.1) is 0 Å². The predicted octanol–water partition coefficient (Wildman–Crippen LogP) is 1.12. The molecule has 0 aliphatic heterocycles. The third-order valence-electron chi connectivity index (χ3n) is 2.23. The van der Waals surface area contributed by atoms with Crippen LogP contribution in [0, 0.1) is 0 Å². The fourth-order valence-electron chi connectivity index (χ4n) is 1.34. The molecular formula is C11H12N4O. The monoisotopic (exact) mass is 216 g/mol. The lowest BCUT2D eigenvalue weighted by atomic mass is 10.1. The van der Waals surface area contributed by atoms with E-state index in [0.717, 1.165) is 11.3 Å². The van der Waals surface area contributed by atoms with Crippen LogP contribution in [0.25, 0.3) is 0 Å². The van der Waals surface area contributed by atoms with Crippen molar-refractivity contribution in [3.8, 4) is 0 Å². The van der Waals surface area contributed by atoms with Gasteiger partial charge in [0.25, 0.3) is 0 Å². The highest BCUT2D eigenvalue weighted by Gasteiger charge is 1.99. The molecule has 0 radical (unpaired) electrons. The number of nitrogens with two attached hydrogens (primary N) is 1. The van der Waals surface area contributed by atoms with E-state index in [1.54, 1.807) is 24.5 Å². The number of amides is 1. The van der Waals surface area contributed by atoms with Crippen LogP contribution < -0.4 is 11.1 Å². The molecule has 2 rings (SSSR count). The van der Waals surface area contributed by atoms with Crippen LogP contribution in [0.5, 0.6) is 0 Å². The molecule has 5 heteroatoms. The minimum atomic E-state index is -0.408. The minimum Gasteiger partial charge on any atom is -0.378 e. The number of benzene rings is 1. The third kappa shape index (κ3) is 2.38. The Morgan fingerprint density at radius 1 is 1.38 bits per heavy atom. The first-order valence-electron chi connectivity index (χ1n) is 4.87. The molecule has 1 aromatic carbocycles. The first kappa shape index (κ1) is 10.2. The van der Waals surface area contributed by atoms with Crippen molar-refractivity contribution >= 4 is 11.6 Å². The normalized spacial score (nSPS) is 10.0. The summed E-state index contributed by atoms with van der Waals surface area (Å²) in [6.45, 7) is 0.679. The molecule has 0 bridgehead atoms. The molecule has 4 N–H and O–H groups in total.